The Hall–Kier alpha value is -2.14. The lowest BCUT2D eigenvalue weighted by Gasteiger charge is -2.05. The van der Waals surface area contributed by atoms with Crippen LogP contribution in [0.5, 0.6) is 5.75 Å². The highest BCUT2D eigenvalue weighted by Crippen LogP contribution is 2.13. The third-order valence-electron chi connectivity index (χ3n) is 2.00. The second-order valence-corrected chi connectivity index (χ2v) is 3.28. The van der Waals surface area contributed by atoms with Gasteiger partial charge in [0, 0.05) is 13.2 Å². The van der Waals surface area contributed by atoms with Crippen LogP contribution < -0.4 is 4.74 Å². The average Bonchev–Trinajstić information content (AvgIpc) is 2.39. The molecule has 0 N–H and O–H groups in total. The number of ether oxygens (including phenoxy) is 3. The van der Waals surface area contributed by atoms with Crippen LogP contribution in [0, 0.1) is 0 Å². The lowest BCUT2D eigenvalue weighted by Crippen LogP contribution is -2.10. The molecule has 0 aromatic heterocycles. The highest BCUT2D eigenvalue weighted by Gasteiger charge is 2.07. The Kier molecular flexibility index (Phi) is 5.60. The Morgan fingerprint density at radius 1 is 1.22 bits per heavy atom. The van der Waals surface area contributed by atoms with Gasteiger partial charge in [-0.2, -0.15) is 0 Å². The van der Waals surface area contributed by atoms with Crippen LogP contribution in [0.1, 0.15) is 10.4 Å². The van der Waals surface area contributed by atoms with Gasteiger partial charge in [0.2, 0.25) is 0 Å². The predicted molar refractivity (Wildman–Crippen MR) is 64.4 cm³/mol. The van der Waals surface area contributed by atoms with Crippen LogP contribution in [0.4, 0.5) is 0 Å². The molecule has 5 heteroatoms. The molecule has 0 saturated heterocycles. The van der Waals surface area contributed by atoms with Crippen molar-refractivity contribution in [2.75, 3.05) is 20.3 Å². The maximum atomic E-state index is 11.5. The Morgan fingerprint density at radius 3 is 2.44 bits per heavy atom. The van der Waals surface area contributed by atoms with Crippen LogP contribution in [-0.2, 0) is 14.3 Å². The highest BCUT2D eigenvalue weighted by molar-refractivity contribution is 5.89. The zero-order valence-electron chi connectivity index (χ0n) is 10.0. The topological polar surface area (TPSA) is 61.8 Å². The molecule has 0 unspecified atom stereocenters. The first-order valence-electron chi connectivity index (χ1n) is 5.27. The fraction of sp³-hybridized carbons (Fsp3) is 0.231. The van der Waals surface area contributed by atoms with Crippen molar-refractivity contribution in [2.45, 2.75) is 0 Å². The number of carbonyl (C=O) groups excluding carboxylic acids is 2. The minimum atomic E-state index is -0.551. The Bertz CT molecular complexity index is 422. The average molecular weight is 250 g/mol. The minimum Gasteiger partial charge on any atom is -0.460 e. The van der Waals surface area contributed by atoms with Gasteiger partial charge in [-0.25, -0.2) is 9.59 Å². The van der Waals surface area contributed by atoms with Gasteiger partial charge in [0.05, 0.1) is 12.2 Å². The maximum absolute atomic E-state index is 11.5. The first kappa shape index (κ1) is 13.9. The fourth-order valence-corrected chi connectivity index (χ4v) is 1.12. The third kappa shape index (κ3) is 4.39. The zero-order valence-corrected chi connectivity index (χ0v) is 10.0. The summed E-state index contributed by atoms with van der Waals surface area (Å²) >= 11 is 0. The Balaban J connectivity index is 2.56. The molecule has 1 rings (SSSR count). The van der Waals surface area contributed by atoms with E-state index in [9.17, 15) is 9.59 Å². The quantitative estimate of drug-likeness (QED) is 0.332. The summed E-state index contributed by atoms with van der Waals surface area (Å²) < 4.78 is 14.5. The van der Waals surface area contributed by atoms with Gasteiger partial charge in [-0.05, 0) is 24.3 Å². The molecule has 18 heavy (non-hydrogen) atoms. The van der Waals surface area contributed by atoms with Crippen molar-refractivity contribution in [1.82, 2.24) is 0 Å². The van der Waals surface area contributed by atoms with E-state index in [1.165, 1.54) is 31.4 Å². The third-order valence-corrected chi connectivity index (χ3v) is 2.00. The van der Waals surface area contributed by atoms with Gasteiger partial charge in [0.15, 0.2) is 0 Å². The zero-order chi connectivity index (χ0) is 13.4. The summed E-state index contributed by atoms with van der Waals surface area (Å²) in [4.78, 5) is 22.4. The molecule has 0 aliphatic heterocycles. The van der Waals surface area contributed by atoms with Crippen LogP contribution in [-0.4, -0.2) is 32.3 Å². The van der Waals surface area contributed by atoms with E-state index in [0.717, 1.165) is 6.08 Å². The molecular formula is C13H14O5. The molecule has 0 atom stereocenters. The van der Waals surface area contributed by atoms with Crippen molar-refractivity contribution in [1.29, 1.82) is 0 Å². The van der Waals surface area contributed by atoms with E-state index in [1.54, 1.807) is 0 Å². The molecule has 0 spiro atoms. The van der Waals surface area contributed by atoms with Crippen LogP contribution in [0.3, 0.4) is 0 Å². The molecule has 0 heterocycles. The van der Waals surface area contributed by atoms with Crippen LogP contribution in [0.2, 0.25) is 0 Å². The molecule has 0 saturated carbocycles. The molecule has 0 fully saturated rings. The van der Waals surface area contributed by atoms with E-state index in [1.807, 2.05) is 0 Å². The molecule has 1 aromatic rings. The Labute approximate surface area is 105 Å². The van der Waals surface area contributed by atoms with Crippen molar-refractivity contribution >= 4 is 11.9 Å². The summed E-state index contributed by atoms with van der Waals surface area (Å²) in [5, 5.41) is 0. The smallest absolute Gasteiger partial charge is 0.338 e. The van der Waals surface area contributed by atoms with Crippen molar-refractivity contribution < 1.29 is 23.8 Å². The van der Waals surface area contributed by atoms with Gasteiger partial charge in [0.1, 0.15) is 12.4 Å². The molecule has 5 nitrogen and oxygen atoms in total. The lowest BCUT2D eigenvalue weighted by atomic mass is 10.2. The summed E-state index contributed by atoms with van der Waals surface area (Å²) in [5.41, 5.74) is 0.379. The van der Waals surface area contributed by atoms with Crippen LogP contribution in [0.15, 0.2) is 36.9 Å². The van der Waals surface area contributed by atoms with Gasteiger partial charge in [-0.15, -0.1) is 0 Å². The van der Waals surface area contributed by atoms with Gasteiger partial charge < -0.3 is 14.2 Å². The number of methoxy groups -OCH3 is 1. The van der Waals surface area contributed by atoms with Gasteiger partial charge >= 0.3 is 11.9 Å². The molecule has 96 valence electrons. The monoisotopic (exact) mass is 250 g/mol. The molecule has 0 radical (unpaired) electrons. The summed E-state index contributed by atoms with van der Waals surface area (Å²) in [6.07, 6.45) is 1.06. The number of esters is 2. The predicted octanol–water partition coefficient (Wildman–Crippen LogP) is 1.58. The van der Waals surface area contributed by atoms with E-state index in [-0.39, 0.29) is 6.61 Å². The Morgan fingerprint density at radius 2 is 1.89 bits per heavy atom. The largest absolute Gasteiger partial charge is 0.460 e. The minimum absolute atomic E-state index is 0.197. The number of hydrogen-bond donors (Lipinski definition) is 0. The first-order chi connectivity index (χ1) is 8.67. The summed E-state index contributed by atoms with van der Waals surface area (Å²) in [5.74, 6) is -0.660. The summed E-state index contributed by atoms with van der Waals surface area (Å²) in [6, 6.07) is 6.05. The lowest BCUT2D eigenvalue weighted by molar-refractivity contribution is -0.128. The molecule has 0 aliphatic carbocycles. The maximum Gasteiger partial charge on any atom is 0.338 e. The van der Waals surface area contributed by atoms with Crippen molar-refractivity contribution in [3.63, 3.8) is 0 Å². The van der Waals surface area contributed by atoms with Crippen LogP contribution >= 0.6 is 0 Å². The van der Waals surface area contributed by atoms with E-state index in [4.69, 9.17) is 14.2 Å². The number of hydrogen-bond acceptors (Lipinski definition) is 5. The number of carbonyl (C=O) groups is 2. The SMILES string of the molecule is C=CC(=O)Oc1ccc(C(=O)OCCOC)cc1. The molecular weight excluding hydrogens is 236 g/mol. The van der Waals surface area contributed by atoms with Crippen molar-refractivity contribution in [3.8, 4) is 5.75 Å². The molecule has 0 amide bonds. The number of benzene rings is 1. The van der Waals surface area contributed by atoms with Crippen LogP contribution in [0.25, 0.3) is 0 Å². The van der Waals surface area contributed by atoms with Crippen molar-refractivity contribution in [2.24, 2.45) is 0 Å². The van der Waals surface area contributed by atoms with Gasteiger partial charge in [0.25, 0.3) is 0 Å². The van der Waals surface area contributed by atoms with E-state index >= 15 is 0 Å². The number of rotatable bonds is 6. The van der Waals surface area contributed by atoms with Gasteiger partial charge in [-0.3, -0.25) is 0 Å². The van der Waals surface area contributed by atoms with Crippen molar-refractivity contribution in [3.05, 3.63) is 42.5 Å². The second-order valence-electron chi connectivity index (χ2n) is 3.28. The summed E-state index contributed by atoms with van der Waals surface area (Å²) in [7, 11) is 1.52. The van der Waals surface area contributed by atoms with E-state index in [2.05, 4.69) is 6.58 Å². The summed E-state index contributed by atoms with van der Waals surface area (Å²) in [6.45, 7) is 3.83. The molecule has 0 bridgehead atoms. The standard InChI is InChI=1S/C13H14O5/c1-3-12(14)18-11-6-4-10(5-7-11)13(15)17-9-8-16-2/h3-7H,1,8-9H2,2H3. The van der Waals surface area contributed by atoms with E-state index < -0.39 is 11.9 Å². The van der Waals surface area contributed by atoms with Gasteiger partial charge in [-0.1, -0.05) is 6.58 Å². The van der Waals surface area contributed by atoms with E-state index in [0.29, 0.717) is 17.9 Å². The molecule has 0 aliphatic rings. The highest BCUT2D eigenvalue weighted by atomic mass is 16.6. The fourth-order valence-electron chi connectivity index (χ4n) is 1.12. The first-order valence-corrected chi connectivity index (χ1v) is 5.27. The normalized spacial score (nSPS) is 9.61. The molecule has 1 aromatic carbocycles. The second kappa shape index (κ2) is 7.24.